The SMILES string of the molecule is O=C(c1cc(Cl)c[nH]1)N1CCC2OCc3cnnn3C2C1. The van der Waals surface area contributed by atoms with Gasteiger partial charge in [-0.1, -0.05) is 16.8 Å². The van der Waals surface area contributed by atoms with Crippen LogP contribution in [0, 0.1) is 0 Å². The first-order valence-electron chi connectivity index (χ1n) is 6.86. The molecule has 4 heterocycles. The van der Waals surface area contributed by atoms with Gasteiger partial charge in [0.05, 0.1) is 35.7 Å². The number of hydrogen-bond acceptors (Lipinski definition) is 4. The molecule has 4 rings (SSSR count). The molecule has 2 aliphatic heterocycles. The van der Waals surface area contributed by atoms with E-state index in [0.717, 1.165) is 12.1 Å². The lowest BCUT2D eigenvalue weighted by molar-refractivity contribution is -0.0605. The Labute approximate surface area is 125 Å². The van der Waals surface area contributed by atoms with Crippen LogP contribution in [0.1, 0.15) is 28.6 Å². The Morgan fingerprint density at radius 2 is 2.43 bits per heavy atom. The van der Waals surface area contributed by atoms with Crippen molar-refractivity contribution in [2.75, 3.05) is 13.1 Å². The molecular weight excluding hydrogens is 294 g/mol. The third kappa shape index (κ3) is 2.13. The summed E-state index contributed by atoms with van der Waals surface area (Å²) in [6.45, 7) is 1.77. The molecule has 1 N–H and O–H groups in total. The van der Waals surface area contributed by atoms with Gasteiger partial charge in [0, 0.05) is 19.3 Å². The Bertz CT molecular complexity index is 682. The highest BCUT2D eigenvalue weighted by atomic mass is 35.5. The molecule has 21 heavy (non-hydrogen) atoms. The van der Waals surface area contributed by atoms with Crippen LogP contribution in [0.2, 0.25) is 5.02 Å². The highest BCUT2D eigenvalue weighted by Crippen LogP contribution is 2.30. The minimum absolute atomic E-state index is 0.0272. The molecule has 0 radical (unpaired) electrons. The van der Waals surface area contributed by atoms with Crippen LogP contribution >= 0.6 is 11.6 Å². The molecule has 2 aromatic rings. The zero-order valence-electron chi connectivity index (χ0n) is 11.2. The molecule has 0 bridgehead atoms. The second kappa shape index (κ2) is 4.85. The van der Waals surface area contributed by atoms with Crippen LogP contribution in [-0.4, -0.2) is 50.0 Å². The van der Waals surface area contributed by atoms with E-state index in [1.54, 1.807) is 18.5 Å². The van der Waals surface area contributed by atoms with Crippen molar-refractivity contribution < 1.29 is 9.53 Å². The Kier molecular flexibility index (Phi) is 2.97. The minimum Gasteiger partial charge on any atom is -0.370 e. The lowest BCUT2D eigenvalue weighted by Gasteiger charge is -2.40. The quantitative estimate of drug-likeness (QED) is 0.860. The van der Waals surface area contributed by atoms with Crippen molar-refractivity contribution in [1.82, 2.24) is 24.9 Å². The molecule has 110 valence electrons. The molecular formula is C13H14ClN5O2. The summed E-state index contributed by atoms with van der Waals surface area (Å²) in [6.07, 6.45) is 4.21. The van der Waals surface area contributed by atoms with Crippen LogP contribution in [0.3, 0.4) is 0 Å². The summed E-state index contributed by atoms with van der Waals surface area (Å²) in [5.74, 6) is -0.0485. The van der Waals surface area contributed by atoms with E-state index in [9.17, 15) is 4.79 Å². The third-order valence-electron chi connectivity index (χ3n) is 4.09. The van der Waals surface area contributed by atoms with Crippen LogP contribution in [0.15, 0.2) is 18.5 Å². The summed E-state index contributed by atoms with van der Waals surface area (Å²) < 4.78 is 7.72. The fourth-order valence-electron chi connectivity index (χ4n) is 3.03. The van der Waals surface area contributed by atoms with Gasteiger partial charge < -0.3 is 14.6 Å². The van der Waals surface area contributed by atoms with Crippen molar-refractivity contribution >= 4 is 17.5 Å². The van der Waals surface area contributed by atoms with E-state index in [2.05, 4.69) is 15.3 Å². The number of ether oxygens (including phenoxy) is 1. The van der Waals surface area contributed by atoms with Crippen LogP contribution in [0.25, 0.3) is 0 Å². The van der Waals surface area contributed by atoms with E-state index < -0.39 is 0 Å². The number of aromatic amines is 1. The van der Waals surface area contributed by atoms with E-state index in [4.69, 9.17) is 16.3 Å². The van der Waals surface area contributed by atoms with Gasteiger partial charge in [0.15, 0.2) is 0 Å². The molecule has 1 saturated heterocycles. The number of rotatable bonds is 1. The van der Waals surface area contributed by atoms with Gasteiger partial charge in [-0.3, -0.25) is 4.79 Å². The number of halogens is 1. The number of nitrogens with one attached hydrogen (secondary N) is 1. The fourth-order valence-corrected chi connectivity index (χ4v) is 3.19. The highest BCUT2D eigenvalue weighted by Gasteiger charge is 2.38. The van der Waals surface area contributed by atoms with E-state index in [1.807, 2.05) is 9.58 Å². The van der Waals surface area contributed by atoms with Gasteiger partial charge in [0.25, 0.3) is 5.91 Å². The number of likely N-dealkylation sites (tertiary alicyclic amines) is 1. The normalized spacial score (nSPS) is 24.5. The third-order valence-corrected chi connectivity index (χ3v) is 4.31. The van der Waals surface area contributed by atoms with E-state index in [-0.39, 0.29) is 18.1 Å². The van der Waals surface area contributed by atoms with E-state index in [1.165, 1.54) is 0 Å². The molecule has 1 amide bonds. The Morgan fingerprint density at radius 3 is 3.24 bits per heavy atom. The summed E-state index contributed by atoms with van der Waals surface area (Å²) >= 11 is 5.86. The number of fused-ring (bicyclic) bond motifs is 3. The Hall–Kier alpha value is -1.86. The first-order valence-corrected chi connectivity index (χ1v) is 7.24. The molecule has 2 unspecified atom stereocenters. The molecule has 0 saturated carbocycles. The lowest BCUT2D eigenvalue weighted by Crippen LogP contribution is -2.50. The predicted molar refractivity (Wildman–Crippen MR) is 74.0 cm³/mol. The van der Waals surface area contributed by atoms with Gasteiger partial charge in [-0.25, -0.2) is 4.68 Å². The van der Waals surface area contributed by atoms with Crippen LogP contribution < -0.4 is 0 Å². The van der Waals surface area contributed by atoms with E-state index >= 15 is 0 Å². The van der Waals surface area contributed by atoms with Crippen LogP contribution in [0.4, 0.5) is 0 Å². The van der Waals surface area contributed by atoms with Gasteiger partial charge in [-0.2, -0.15) is 0 Å². The molecule has 1 fully saturated rings. The summed E-state index contributed by atoms with van der Waals surface area (Å²) in [7, 11) is 0. The Balaban J connectivity index is 1.57. The molecule has 2 aliphatic rings. The molecule has 2 aromatic heterocycles. The topological polar surface area (TPSA) is 76.0 Å². The van der Waals surface area contributed by atoms with Crippen molar-refractivity contribution in [3.63, 3.8) is 0 Å². The number of carbonyl (C=O) groups is 1. The zero-order chi connectivity index (χ0) is 14.4. The molecule has 0 aliphatic carbocycles. The standard InChI is InChI=1S/C13H14ClN5O2/c14-8-3-10(15-4-8)13(20)18-2-1-12-11(6-18)19-9(7-21-12)5-16-17-19/h3-5,11-12,15H,1-2,6-7H2. The molecule has 8 heteroatoms. The van der Waals surface area contributed by atoms with Crippen molar-refractivity contribution in [1.29, 1.82) is 0 Å². The second-order valence-corrected chi connectivity index (χ2v) is 5.79. The number of nitrogens with zero attached hydrogens (tertiary/aromatic N) is 4. The molecule has 2 atom stereocenters. The number of aromatic nitrogens is 4. The summed E-state index contributed by atoms with van der Waals surface area (Å²) in [6, 6.07) is 1.67. The number of amides is 1. The second-order valence-electron chi connectivity index (χ2n) is 5.36. The number of carbonyl (C=O) groups excluding carboxylic acids is 1. The average Bonchev–Trinajstić information content (AvgIpc) is 3.14. The van der Waals surface area contributed by atoms with Gasteiger partial charge >= 0.3 is 0 Å². The summed E-state index contributed by atoms with van der Waals surface area (Å²) in [5, 5.41) is 8.60. The smallest absolute Gasteiger partial charge is 0.270 e. The van der Waals surface area contributed by atoms with Crippen molar-refractivity contribution in [3.8, 4) is 0 Å². The average molecular weight is 308 g/mol. The zero-order valence-corrected chi connectivity index (χ0v) is 12.0. The summed E-state index contributed by atoms with van der Waals surface area (Å²) in [5.41, 5.74) is 1.46. The maximum Gasteiger partial charge on any atom is 0.270 e. The van der Waals surface area contributed by atoms with Crippen LogP contribution in [0.5, 0.6) is 0 Å². The molecule has 0 aromatic carbocycles. The van der Waals surface area contributed by atoms with Gasteiger partial charge in [-0.15, -0.1) is 5.10 Å². The maximum atomic E-state index is 12.5. The van der Waals surface area contributed by atoms with Gasteiger partial charge in [0.2, 0.25) is 0 Å². The lowest BCUT2D eigenvalue weighted by atomic mass is 10.00. The minimum atomic E-state index is -0.0485. The van der Waals surface area contributed by atoms with Crippen molar-refractivity contribution in [3.05, 3.63) is 34.9 Å². The Morgan fingerprint density at radius 1 is 1.52 bits per heavy atom. The largest absolute Gasteiger partial charge is 0.370 e. The van der Waals surface area contributed by atoms with Crippen molar-refractivity contribution in [2.45, 2.75) is 25.2 Å². The predicted octanol–water partition coefficient (Wildman–Crippen LogP) is 1.25. The van der Waals surface area contributed by atoms with Crippen LogP contribution in [-0.2, 0) is 11.3 Å². The first kappa shape index (κ1) is 12.8. The van der Waals surface area contributed by atoms with Crippen molar-refractivity contribution in [2.24, 2.45) is 0 Å². The fraction of sp³-hybridized carbons (Fsp3) is 0.462. The molecule has 7 nitrogen and oxygen atoms in total. The monoisotopic (exact) mass is 307 g/mol. The van der Waals surface area contributed by atoms with E-state index in [0.29, 0.717) is 30.4 Å². The molecule has 0 spiro atoms. The summed E-state index contributed by atoms with van der Waals surface area (Å²) in [4.78, 5) is 17.2. The number of H-pyrrole nitrogens is 1. The highest BCUT2D eigenvalue weighted by molar-refractivity contribution is 6.30. The number of hydrogen-bond donors (Lipinski definition) is 1. The van der Waals surface area contributed by atoms with Gasteiger partial charge in [-0.05, 0) is 12.5 Å². The number of piperidine rings is 1. The first-order chi connectivity index (χ1) is 10.2. The van der Waals surface area contributed by atoms with Gasteiger partial charge in [0.1, 0.15) is 5.69 Å². The maximum absolute atomic E-state index is 12.5.